The van der Waals surface area contributed by atoms with Crippen LogP contribution in [0, 0.1) is 5.92 Å². The Labute approximate surface area is 107 Å². The van der Waals surface area contributed by atoms with Crippen LogP contribution in [0.5, 0.6) is 0 Å². The first-order chi connectivity index (χ1) is 8.24. The molecule has 2 saturated carbocycles. The van der Waals surface area contributed by atoms with Gasteiger partial charge in [0.05, 0.1) is 5.60 Å². The van der Waals surface area contributed by atoms with Crippen LogP contribution in [0.15, 0.2) is 0 Å². The predicted octanol–water partition coefficient (Wildman–Crippen LogP) is 3.50. The molecule has 0 bridgehead atoms. The van der Waals surface area contributed by atoms with Crippen LogP contribution in [-0.4, -0.2) is 24.8 Å². The molecule has 100 valence electrons. The maximum atomic E-state index is 6.30. The van der Waals surface area contributed by atoms with Gasteiger partial charge in [0, 0.05) is 19.2 Å². The quantitative estimate of drug-likeness (QED) is 0.687. The third-order valence-corrected chi connectivity index (χ3v) is 4.25. The fourth-order valence-electron chi connectivity index (χ4n) is 3.01. The summed E-state index contributed by atoms with van der Waals surface area (Å²) >= 11 is 0. The van der Waals surface area contributed by atoms with Crippen molar-refractivity contribution in [3.8, 4) is 0 Å². The monoisotopic (exact) mass is 239 g/mol. The predicted molar refractivity (Wildman–Crippen MR) is 72.2 cm³/mol. The molecule has 2 atom stereocenters. The highest BCUT2D eigenvalue weighted by Crippen LogP contribution is 2.35. The molecule has 2 fully saturated rings. The zero-order valence-corrected chi connectivity index (χ0v) is 11.6. The molecule has 0 aliphatic heterocycles. The summed E-state index contributed by atoms with van der Waals surface area (Å²) in [4.78, 5) is 0. The average Bonchev–Trinajstić information content (AvgIpc) is 3.11. The van der Waals surface area contributed by atoms with E-state index in [4.69, 9.17) is 4.74 Å². The van der Waals surface area contributed by atoms with Crippen LogP contribution < -0.4 is 5.32 Å². The van der Waals surface area contributed by atoms with E-state index >= 15 is 0 Å². The Kier molecular flexibility index (Phi) is 4.87. The lowest BCUT2D eigenvalue weighted by atomic mass is 9.78. The maximum Gasteiger partial charge on any atom is 0.0808 e. The molecule has 0 saturated heterocycles. The molecule has 2 heteroatoms. The lowest BCUT2D eigenvalue weighted by Gasteiger charge is -2.40. The van der Waals surface area contributed by atoms with Gasteiger partial charge in [-0.2, -0.15) is 0 Å². The minimum absolute atomic E-state index is 0.162. The number of unbranched alkanes of at least 4 members (excludes halogenated alkanes) is 1. The fraction of sp³-hybridized carbons (Fsp3) is 1.00. The molecule has 2 aliphatic carbocycles. The minimum Gasteiger partial charge on any atom is -0.374 e. The molecule has 0 heterocycles. The Morgan fingerprint density at radius 2 is 2.12 bits per heavy atom. The molecule has 0 spiro atoms. The van der Waals surface area contributed by atoms with Gasteiger partial charge in [-0.3, -0.25) is 0 Å². The molecule has 17 heavy (non-hydrogen) atoms. The summed E-state index contributed by atoms with van der Waals surface area (Å²) in [6.45, 7) is 6.66. The zero-order valence-electron chi connectivity index (χ0n) is 11.6. The van der Waals surface area contributed by atoms with E-state index in [0.29, 0.717) is 0 Å². The van der Waals surface area contributed by atoms with Crippen LogP contribution in [-0.2, 0) is 4.74 Å². The second-order valence-corrected chi connectivity index (χ2v) is 6.24. The van der Waals surface area contributed by atoms with Gasteiger partial charge in [0.15, 0.2) is 0 Å². The Balaban J connectivity index is 1.83. The molecule has 2 rings (SSSR count). The molecular weight excluding hydrogens is 210 g/mol. The molecular formula is C15H29NO. The molecule has 0 amide bonds. The summed E-state index contributed by atoms with van der Waals surface area (Å²) in [5.74, 6) is 0.839. The number of ether oxygens (including phenoxy) is 1. The largest absolute Gasteiger partial charge is 0.374 e. The van der Waals surface area contributed by atoms with Crippen LogP contribution in [0.25, 0.3) is 0 Å². The van der Waals surface area contributed by atoms with Gasteiger partial charge in [0.25, 0.3) is 0 Å². The molecule has 0 aromatic carbocycles. The van der Waals surface area contributed by atoms with Crippen LogP contribution >= 0.6 is 0 Å². The first-order valence-electron chi connectivity index (χ1n) is 7.61. The summed E-state index contributed by atoms with van der Waals surface area (Å²) < 4.78 is 6.30. The molecule has 1 N–H and O–H groups in total. The van der Waals surface area contributed by atoms with Crippen molar-refractivity contribution in [2.45, 2.75) is 76.9 Å². The van der Waals surface area contributed by atoms with Gasteiger partial charge in [0.1, 0.15) is 0 Å². The van der Waals surface area contributed by atoms with E-state index in [1.807, 2.05) is 0 Å². The number of hydrogen-bond donors (Lipinski definition) is 1. The van der Waals surface area contributed by atoms with E-state index < -0.39 is 0 Å². The molecule has 2 nitrogen and oxygen atoms in total. The normalized spacial score (nSPS) is 33.9. The van der Waals surface area contributed by atoms with Crippen LogP contribution in [0.1, 0.15) is 65.2 Å². The zero-order chi connectivity index (χ0) is 12.1. The van der Waals surface area contributed by atoms with E-state index in [0.717, 1.165) is 25.1 Å². The lowest BCUT2D eigenvalue weighted by Crippen LogP contribution is -2.47. The first kappa shape index (κ1) is 13.4. The van der Waals surface area contributed by atoms with Gasteiger partial charge >= 0.3 is 0 Å². The topological polar surface area (TPSA) is 21.3 Å². The Morgan fingerprint density at radius 1 is 1.29 bits per heavy atom. The van der Waals surface area contributed by atoms with Crippen molar-refractivity contribution in [2.75, 3.05) is 13.2 Å². The van der Waals surface area contributed by atoms with Crippen molar-refractivity contribution >= 4 is 0 Å². The summed E-state index contributed by atoms with van der Waals surface area (Å²) in [7, 11) is 0. The van der Waals surface area contributed by atoms with Crippen molar-refractivity contribution in [2.24, 2.45) is 5.92 Å². The SMILES string of the molecule is CCCCOC1(CNC2CC2)CCCC(C)C1. The van der Waals surface area contributed by atoms with Crippen molar-refractivity contribution in [1.29, 1.82) is 0 Å². The van der Waals surface area contributed by atoms with Crippen LogP contribution in [0.4, 0.5) is 0 Å². The molecule has 0 aromatic rings. The van der Waals surface area contributed by atoms with Crippen LogP contribution in [0.2, 0.25) is 0 Å². The van der Waals surface area contributed by atoms with E-state index in [9.17, 15) is 0 Å². The van der Waals surface area contributed by atoms with Crippen molar-refractivity contribution in [3.63, 3.8) is 0 Å². The molecule has 2 aliphatic rings. The first-order valence-corrected chi connectivity index (χ1v) is 7.61. The highest BCUT2D eigenvalue weighted by atomic mass is 16.5. The van der Waals surface area contributed by atoms with Gasteiger partial charge in [-0.1, -0.05) is 33.1 Å². The Morgan fingerprint density at radius 3 is 2.76 bits per heavy atom. The standard InChI is InChI=1S/C15H29NO/c1-3-4-10-17-15(12-16-14-7-8-14)9-5-6-13(2)11-15/h13-14,16H,3-12H2,1-2H3. The summed E-state index contributed by atoms with van der Waals surface area (Å²) in [5.41, 5.74) is 0.162. The molecule has 0 aromatic heterocycles. The van der Waals surface area contributed by atoms with Crippen molar-refractivity contribution in [3.05, 3.63) is 0 Å². The summed E-state index contributed by atoms with van der Waals surface area (Å²) in [6.07, 6.45) is 10.5. The minimum atomic E-state index is 0.162. The van der Waals surface area contributed by atoms with E-state index in [1.165, 1.54) is 51.4 Å². The van der Waals surface area contributed by atoms with Gasteiger partial charge in [-0.05, 0) is 38.0 Å². The molecule has 2 unspecified atom stereocenters. The summed E-state index contributed by atoms with van der Waals surface area (Å²) in [5, 5.41) is 3.69. The number of nitrogens with one attached hydrogen (secondary N) is 1. The van der Waals surface area contributed by atoms with E-state index in [1.54, 1.807) is 0 Å². The van der Waals surface area contributed by atoms with Gasteiger partial charge < -0.3 is 10.1 Å². The Bertz CT molecular complexity index is 227. The second kappa shape index (κ2) is 6.19. The summed E-state index contributed by atoms with van der Waals surface area (Å²) in [6, 6.07) is 0.805. The number of hydrogen-bond acceptors (Lipinski definition) is 2. The third-order valence-electron chi connectivity index (χ3n) is 4.25. The highest BCUT2D eigenvalue weighted by molar-refractivity contribution is 4.92. The second-order valence-electron chi connectivity index (χ2n) is 6.24. The highest BCUT2D eigenvalue weighted by Gasteiger charge is 2.37. The number of rotatable bonds is 7. The maximum absolute atomic E-state index is 6.30. The van der Waals surface area contributed by atoms with Gasteiger partial charge in [-0.25, -0.2) is 0 Å². The Hall–Kier alpha value is -0.0800. The fourth-order valence-corrected chi connectivity index (χ4v) is 3.01. The van der Waals surface area contributed by atoms with Crippen LogP contribution in [0.3, 0.4) is 0 Å². The van der Waals surface area contributed by atoms with Crippen molar-refractivity contribution in [1.82, 2.24) is 5.32 Å². The van der Waals surface area contributed by atoms with E-state index in [-0.39, 0.29) is 5.60 Å². The van der Waals surface area contributed by atoms with Gasteiger partial charge in [0.2, 0.25) is 0 Å². The van der Waals surface area contributed by atoms with E-state index in [2.05, 4.69) is 19.2 Å². The average molecular weight is 239 g/mol. The smallest absolute Gasteiger partial charge is 0.0808 e. The molecule has 0 radical (unpaired) electrons. The van der Waals surface area contributed by atoms with Gasteiger partial charge in [-0.15, -0.1) is 0 Å². The van der Waals surface area contributed by atoms with Crippen molar-refractivity contribution < 1.29 is 4.74 Å². The lowest BCUT2D eigenvalue weighted by molar-refractivity contribution is -0.0803. The third kappa shape index (κ3) is 4.26.